The van der Waals surface area contributed by atoms with Crippen molar-refractivity contribution in [2.75, 3.05) is 11.9 Å². The first-order valence-corrected chi connectivity index (χ1v) is 9.58. The van der Waals surface area contributed by atoms with Gasteiger partial charge in [0, 0.05) is 5.69 Å². The number of anilines is 1. The van der Waals surface area contributed by atoms with Crippen LogP contribution in [-0.2, 0) is 16.1 Å². The highest BCUT2D eigenvalue weighted by Gasteiger charge is 2.17. The highest BCUT2D eigenvalue weighted by atomic mass is 19.1. The van der Waals surface area contributed by atoms with Crippen LogP contribution in [0.25, 0.3) is 0 Å². The van der Waals surface area contributed by atoms with E-state index in [-0.39, 0.29) is 24.2 Å². The normalized spacial score (nSPS) is 11.5. The molecule has 0 heterocycles. The van der Waals surface area contributed by atoms with Gasteiger partial charge in [-0.2, -0.15) is 0 Å². The fourth-order valence-corrected chi connectivity index (χ4v) is 2.92. The van der Waals surface area contributed by atoms with Gasteiger partial charge in [0.1, 0.15) is 18.2 Å². The van der Waals surface area contributed by atoms with Gasteiger partial charge in [-0.25, -0.2) is 4.39 Å². The van der Waals surface area contributed by atoms with Crippen LogP contribution < -0.4 is 10.1 Å². The van der Waals surface area contributed by atoms with E-state index in [1.165, 1.54) is 12.1 Å². The van der Waals surface area contributed by atoms with Crippen LogP contribution >= 0.6 is 0 Å². The lowest BCUT2D eigenvalue weighted by molar-refractivity contribution is -0.143. The number of benzene rings is 3. The third kappa shape index (κ3) is 6.35. The molecule has 150 valence electrons. The number of halogens is 1. The van der Waals surface area contributed by atoms with Gasteiger partial charge in [-0.3, -0.25) is 4.79 Å². The highest BCUT2D eigenvalue weighted by molar-refractivity contribution is 5.71. The van der Waals surface area contributed by atoms with Gasteiger partial charge in [-0.05, 0) is 54.4 Å². The largest absolute Gasteiger partial charge is 0.489 e. The maximum Gasteiger partial charge on any atom is 0.308 e. The number of nitrogens with one attached hydrogen (secondary N) is 1. The van der Waals surface area contributed by atoms with Crippen LogP contribution in [0.3, 0.4) is 0 Å². The molecule has 1 atom stereocenters. The molecular weight excluding hydrogens is 369 g/mol. The summed E-state index contributed by atoms with van der Waals surface area (Å²) in [7, 11) is 0. The summed E-state index contributed by atoms with van der Waals surface area (Å²) in [5.74, 6) is 0.142. The minimum Gasteiger partial charge on any atom is -0.489 e. The predicted molar refractivity (Wildman–Crippen MR) is 111 cm³/mol. The number of rotatable bonds is 9. The van der Waals surface area contributed by atoms with E-state index in [4.69, 9.17) is 9.47 Å². The van der Waals surface area contributed by atoms with Crippen molar-refractivity contribution in [1.82, 2.24) is 0 Å². The predicted octanol–water partition coefficient (Wildman–Crippen LogP) is 5.51. The molecule has 0 bridgehead atoms. The van der Waals surface area contributed by atoms with Crippen molar-refractivity contribution in [2.45, 2.75) is 26.0 Å². The summed E-state index contributed by atoms with van der Waals surface area (Å²) in [5.41, 5.74) is 2.73. The monoisotopic (exact) mass is 393 g/mol. The minimum atomic E-state index is -0.308. The van der Waals surface area contributed by atoms with Gasteiger partial charge >= 0.3 is 5.97 Å². The van der Waals surface area contributed by atoms with E-state index < -0.39 is 0 Å². The third-order valence-corrected chi connectivity index (χ3v) is 4.39. The molecule has 0 radical (unpaired) electrons. The summed E-state index contributed by atoms with van der Waals surface area (Å²) in [4.78, 5) is 12.1. The van der Waals surface area contributed by atoms with Crippen molar-refractivity contribution in [3.63, 3.8) is 0 Å². The van der Waals surface area contributed by atoms with Crippen LogP contribution in [0.2, 0.25) is 0 Å². The molecule has 0 aliphatic rings. The minimum absolute atomic E-state index is 0.162. The van der Waals surface area contributed by atoms with E-state index in [0.717, 1.165) is 22.6 Å². The molecule has 0 aliphatic heterocycles. The fourth-order valence-electron chi connectivity index (χ4n) is 2.92. The second-order valence-corrected chi connectivity index (χ2v) is 6.56. The van der Waals surface area contributed by atoms with Crippen molar-refractivity contribution in [3.8, 4) is 5.75 Å². The Kier molecular flexibility index (Phi) is 7.22. The molecular formula is C24H24FNO3. The molecule has 3 aromatic carbocycles. The Balaban J connectivity index is 1.70. The summed E-state index contributed by atoms with van der Waals surface area (Å²) in [5, 5.41) is 3.28. The molecule has 0 saturated heterocycles. The molecule has 1 unspecified atom stereocenters. The first-order valence-electron chi connectivity index (χ1n) is 9.58. The summed E-state index contributed by atoms with van der Waals surface area (Å²) in [6.45, 7) is 2.59. The topological polar surface area (TPSA) is 47.6 Å². The summed E-state index contributed by atoms with van der Waals surface area (Å²) in [6, 6.07) is 23.3. The number of hydrogen-bond acceptors (Lipinski definition) is 4. The van der Waals surface area contributed by atoms with Crippen molar-refractivity contribution in [1.29, 1.82) is 0 Å². The number of hydrogen-bond donors (Lipinski definition) is 1. The van der Waals surface area contributed by atoms with E-state index in [2.05, 4.69) is 5.32 Å². The van der Waals surface area contributed by atoms with Gasteiger partial charge < -0.3 is 14.8 Å². The lowest BCUT2D eigenvalue weighted by Crippen LogP contribution is -2.17. The standard InChI is InChI=1S/C24H24FNO3/c1-2-28-24(27)16-23(26-21-12-10-20(25)11-13-21)19-8-14-22(15-9-19)29-17-18-6-4-3-5-7-18/h3-15,23,26H,2,16-17H2,1H3. The van der Waals surface area contributed by atoms with Crippen LogP contribution in [0.4, 0.5) is 10.1 Å². The van der Waals surface area contributed by atoms with E-state index in [9.17, 15) is 9.18 Å². The van der Waals surface area contributed by atoms with E-state index in [1.54, 1.807) is 19.1 Å². The van der Waals surface area contributed by atoms with Crippen LogP contribution in [0.5, 0.6) is 5.75 Å². The number of carbonyl (C=O) groups is 1. The zero-order chi connectivity index (χ0) is 20.5. The van der Waals surface area contributed by atoms with Crippen molar-refractivity contribution in [2.24, 2.45) is 0 Å². The molecule has 0 fully saturated rings. The Morgan fingerprint density at radius 2 is 1.66 bits per heavy atom. The van der Waals surface area contributed by atoms with Crippen LogP contribution in [0, 0.1) is 5.82 Å². The molecule has 0 aromatic heterocycles. The van der Waals surface area contributed by atoms with Gasteiger partial charge in [0.05, 0.1) is 19.1 Å². The molecule has 0 spiro atoms. The Labute approximate surface area is 170 Å². The smallest absolute Gasteiger partial charge is 0.308 e. The van der Waals surface area contributed by atoms with Crippen LogP contribution in [0.15, 0.2) is 78.9 Å². The molecule has 0 saturated carbocycles. The van der Waals surface area contributed by atoms with Gasteiger partial charge in [-0.15, -0.1) is 0 Å². The Hall–Kier alpha value is -3.34. The second-order valence-electron chi connectivity index (χ2n) is 6.56. The average Bonchev–Trinajstić information content (AvgIpc) is 2.75. The van der Waals surface area contributed by atoms with Crippen LogP contribution in [0.1, 0.15) is 30.5 Å². The Morgan fingerprint density at radius 1 is 0.966 bits per heavy atom. The number of ether oxygens (including phenoxy) is 2. The first kappa shape index (κ1) is 20.4. The SMILES string of the molecule is CCOC(=O)CC(Nc1ccc(F)cc1)c1ccc(OCc2ccccc2)cc1. The summed E-state index contributed by atoms with van der Waals surface area (Å²) in [6.07, 6.45) is 0.162. The van der Waals surface area contributed by atoms with E-state index in [1.807, 2.05) is 54.6 Å². The number of esters is 1. The Morgan fingerprint density at radius 3 is 2.31 bits per heavy atom. The van der Waals surface area contributed by atoms with E-state index >= 15 is 0 Å². The zero-order valence-electron chi connectivity index (χ0n) is 16.3. The molecule has 0 aliphatic carbocycles. The molecule has 5 heteroatoms. The van der Waals surface area contributed by atoms with Crippen molar-refractivity contribution < 1.29 is 18.7 Å². The van der Waals surface area contributed by atoms with Gasteiger partial charge in [0.2, 0.25) is 0 Å². The highest BCUT2D eigenvalue weighted by Crippen LogP contribution is 2.26. The van der Waals surface area contributed by atoms with Gasteiger partial charge in [0.25, 0.3) is 0 Å². The quantitative estimate of drug-likeness (QED) is 0.487. The Bertz CT molecular complexity index is 896. The van der Waals surface area contributed by atoms with Crippen LogP contribution in [-0.4, -0.2) is 12.6 Å². The first-order chi connectivity index (χ1) is 14.1. The van der Waals surface area contributed by atoms with Gasteiger partial charge in [-0.1, -0.05) is 42.5 Å². The lowest BCUT2D eigenvalue weighted by atomic mass is 10.0. The zero-order valence-corrected chi connectivity index (χ0v) is 16.3. The fraction of sp³-hybridized carbons (Fsp3) is 0.208. The summed E-state index contributed by atoms with van der Waals surface area (Å²) >= 11 is 0. The van der Waals surface area contributed by atoms with Crippen molar-refractivity contribution >= 4 is 11.7 Å². The lowest BCUT2D eigenvalue weighted by Gasteiger charge is -2.20. The molecule has 3 aromatic rings. The summed E-state index contributed by atoms with van der Waals surface area (Å²) < 4.78 is 24.1. The third-order valence-electron chi connectivity index (χ3n) is 4.39. The number of carbonyl (C=O) groups excluding carboxylic acids is 1. The van der Waals surface area contributed by atoms with Crippen molar-refractivity contribution in [3.05, 3.63) is 95.8 Å². The van der Waals surface area contributed by atoms with E-state index in [0.29, 0.717) is 13.2 Å². The maximum absolute atomic E-state index is 13.2. The molecule has 0 amide bonds. The molecule has 1 N–H and O–H groups in total. The molecule has 29 heavy (non-hydrogen) atoms. The molecule has 4 nitrogen and oxygen atoms in total. The van der Waals surface area contributed by atoms with Gasteiger partial charge in [0.15, 0.2) is 0 Å². The maximum atomic E-state index is 13.2. The molecule has 3 rings (SSSR count). The second kappa shape index (κ2) is 10.3. The average molecular weight is 393 g/mol.